The Morgan fingerprint density at radius 2 is 2.33 bits per heavy atom. The summed E-state index contributed by atoms with van der Waals surface area (Å²) in [5, 5.41) is 9.29. The Kier molecular flexibility index (Phi) is 1.05. The van der Waals surface area contributed by atoms with Crippen molar-refractivity contribution in [3.8, 4) is 11.8 Å². The maximum atomic E-state index is 9.29. The molecule has 0 radical (unpaired) electrons. The van der Waals surface area contributed by atoms with E-state index in [0.717, 1.165) is 5.75 Å². The van der Waals surface area contributed by atoms with Crippen molar-refractivity contribution in [1.82, 2.24) is 0 Å². The molecule has 15 heavy (non-hydrogen) atoms. The standard InChI is InChI=1S/C13H11NO/c1-15-7-2-3-8-9(4-7)12-11-5-10(8)13(11,12)6-14/h2-4,10-12H,5H2,1H3/t10-,11+,12-,13+/m1/s1. The number of ether oxygens (including phenoxy) is 1. The average Bonchev–Trinajstić information content (AvgIpc) is 2.71. The van der Waals surface area contributed by atoms with Crippen LogP contribution in [0.4, 0.5) is 0 Å². The van der Waals surface area contributed by atoms with E-state index in [2.05, 4.69) is 18.2 Å². The summed E-state index contributed by atoms with van der Waals surface area (Å²) in [5.74, 6) is 2.64. The van der Waals surface area contributed by atoms with Gasteiger partial charge >= 0.3 is 0 Å². The predicted octanol–water partition coefficient (Wildman–Crippen LogP) is 2.42. The first-order valence-electron chi connectivity index (χ1n) is 5.42. The molecule has 1 aromatic rings. The molecule has 0 bridgehead atoms. The lowest BCUT2D eigenvalue weighted by Gasteiger charge is -2.31. The van der Waals surface area contributed by atoms with Gasteiger partial charge < -0.3 is 4.74 Å². The summed E-state index contributed by atoms with van der Waals surface area (Å²) in [7, 11) is 1.70. The number of methoxy groups -OCH3 is 1. The van der Waals surface area contributed by atoms with Gasteiger partial charge in [0.2, 0.25) is 0 Å². The van der Waals surface area contributed by atoms with Crippen LogP contribution in [0.15, 0.2) is 18.2 Å². The molecule has 1 aromatic carbocycles. The van der Waals surface area contributed by atoms with Crippen molar-refractivity contribution in [2.45, 2.75) is 18.3 Å². The Balaban J connectivity index is 1.90. The maximum Gasteiger partial charge on any atom is 0.119 e. The van der Waals surface area contributed by atoms with Gasteiger partial charge in [0, 0.05) is 11.8 Å². The zero-order valence-corrected chi connectivity index (χ0v) is 8.53. The predicted molar refractivity (Wildman–Crippen MR) is 54.6 cm³/mol. The molecular weight excluding hydrogens is 186 g/mol. The molecule has 74 valence electrons. The SMILES string of the molecule is COc1ccc2c(c1)[C@@H]1[C@@H]3C[C@H]2[C@]13C#N. The average molecular weight is 197 g/mol. The first kappa shape index (κ1) is 7.76. The molecule has 4 rings (SSSR count). The number of rotatable bonds is 1. The molecule has 2 fully saturated rings. The second-order valence-electron chi connectivity index (χ2n) is 4.91. The highest BCUT2D eigenvalue weighted by molar-refractivity contribution is 5.61. The summed E-state index contributed by atoms with van der Waals surface area (Å²) in [5.41, 5.74) is 2.80. The molecule has 3 aliphatic rings. The summed E-state index contributed by atoms with van der Waals surface area (Å²) in [4.78, 5) is 0. The molecule has 0 aromatic heterocycles. The van der Waals surface area contributed by atoms with Crippen LogP contribution < -0.4 is 4.74 Å². The zero-order chi connectivity index (χ0) is 10.2. The number of fused-ring (bicyclic) bond motifs is 4. The number of benzene rings is 1. The van der Waals surface area contributed by atoms with Crippen LogP contribution in [0, 0.1) is 22.7 Å². The smallest absolute Gasteiger partial charge is 0.119 e. The maximum absolute atomic E-state index is 9.29. The topological polar surface area (TPSA) is 33.0 Å². The van der Waals surface area contributed by atoms with Crippen molar-refractivity contribution in [2.75, 3.05) is 7.11 Å². The van der Waals surface area contributed by atoms with E-state index < -0.39 is 0 Å². The fourth-order valence-corrected chi connectivity index (χ4v) is 3.93. The van der Waals surface area contributed by atoms with Crippen LogP contribution in [0.2, 0.25) is 0 Å². The Morgan fingerprint density at radius 3 is 3.07 bits per heavy atom. The molecule has 0 unspecified atom stereocenters. The van der Waals surface area contributed by atoms with Crippen LogP contribution in [-0.4, -0.2) is 7.11 Å². The van der Waals surface area contributed by atoms with Crippen molar-refractivity contribution < 1.29 is 4.74 Å². The fourth-order valence-electron chi connectivity index (χ4n) is 3.93. The zero-order valence-electron chi connectivity index (χ0n) is 8.53. The normalized spacial score (nSPS) is 42.3. The minimum atomic E-state index is 0.00863. The van der Waals surface area contributed by atoms with Crippen molar-refractivity contribution in [2.24, 2.45) is 11.3 Å². The number of hydrogen-bond donors (Lipinski definition) is 0. The number of nitrogens with zero attached hydrogens (tertiary/aromatic N) is 1. The van der Waals surface area contributed by atoms with Crippen molar-refractivity contribution in [3.05, 3.63) is 29.3 Å². The van der Waals surface area contributed by atoms with Crippen molar-refractivity contribution in [1.29, 1.82) is 5.26 Å². The van der Waals surface area contributed by atoms with Gasteiger partial charge in [0.1, 0.15) is 5.75 Å². The van der Waals surface area contributed by atoms with Gasteiger partial charge in [-0.25, -0.2) is 0 Å². The lowest BCUT2D eigenvalue weighted by Crippen LogP contribution is -2.24. The fraction of sp³-hybridized carbons (Fsp3) is 0.462. The Morgan fingerprint density at radius 1 is 1.47 bits per heavy atom. The van der Waals surface area contributed by atoms with Gasteiger partial charge in [0.15, 0.2) is 0 Å². The van der Waals surface area contributed by atoms with Gasteiger partial charge in [0.05, 0.1) is 18.6 Å². The molecule has 0 heterocycles. The summed E-state index contributed by atoms with van der Waals surface area (Å²) < 4.78 is 5.24. The molecule has 4 atom stereocenters. The van der Waals surface area contributed by atoms with Gasteiger partial charge in [-0.3, -0.25) is 0 Å². The Hall–Kier alpha value is -1.49. The minimum Gasteiger partial charge on any atom is -0.497 e. The van der Waals surface area contributed by atoms with Gasteiger partial charge in [0.25, 0.3) is 0 Å². The molecule has 3 aliphatic carbocycles. The highest BCUT2D eigenvalue weighted by atomic mass is 16.5. The molecule has 0 N–H and O–H groups in total. The van der Waals surface area contributed by atoms with Crippen LogP contribution in [-0.2, 0) is 0 Å². The van der Waals surface area contributed by atoms with Crippen LogP contribution in [0.1, 0.15) is 29.4 Å². The second kappa shape index (κ2) is 2.04. The lowest BCUT2D eigenvalue weighted by atomic mass is 9.71. The molecule has 0 spiro atoms. The summed E-state index contributed by atoms with van der Waals surface area (Å²) in [6, 6.07) is 8.86. The largest absolute Gasteiger partial charge is 0.497 e. The highest BCUT2D eigenvalue weighted by Crippen LogP contribution is 2.87. The molecule has 2 heteroatoms. The van der Waals surface area contributed by atoms with Crippen molar-refractivity contribution in [3.63, 3.8) is 0 Å². The van der Waals surface area contributed by atoms with E-state index in [0.29, 0.717) is 17.8 Å². The van der Waals surface area contributed by atoms with E-state index >= 15 is 0 Å². The molecule has 0 amide bonds. The van der Waals surface area contributed by atoms with E-state index in [1.807, 2.05) is 6.07 Å². The molecule has 0 saturated heterocycles. The summed E-state index contributed by atoms with van der Waals surface area (Å²) in [6.07, 6.45) is 1.23. The lowest BCUT2D eigenvalue weighted by molar-refractivity contribution is 0.311. The van der Waals surface area contributed by atoms with E-state index in [9.17, 15) is 5.26 Å². The minimum absolute atomic E-state index is 0.00863. The van der Waals surface area contributed by atoms with Crippen LogP contribution in [0.5, 0.6) is 5.75 Å². The number of nitriles is 1. The quantitative estimate of drug-likeness (QED) is 0.692. The Labute approximate surface area is 88.5 Å². The molecule has 0 aliphatic heterocycles. The van der Waals surface area contributed by atoms with Crippen molar-refractivity contribution >= 4 is 0 Å². The van der Waals surface area contributed by atoms with Gasteiger partial charge in [-0.2, -0.15) is 5.26 Å². The van der Waals surface area contributed by atoms with Gasteiger partial charge in [-0.05, 0) is 35.6 Å². The van der Waals surface area contributed by atoms with Gasteiger partial charge in [-0.1, -0.05) is 6.07 Å². The first-order chi connectivity index (χ1) is 7.32. The highest BCUT2D eigenvalue weighted by Gasteiger charge is 2.81. The number of hydrogen-bond acceptors (Lipinski definition) is 2. The van der Waals surface area contributed by atoms with E-state index in [4.69, 9.17) is 4.74 Å². The first-order valence-corrected chi connectivity index (χ1v) is 5.42. The molecular formula is C13H11NO. The third kappa shape index (κ3) is 0.587. The third-order valence-electron chi connectivity index (χ3n) is 4.69. The van der Waals surface area contributed by atoms with Crippen LogP contribution >= 0.6 is 0 Å². The molecule has 2 nitrogen and oxygen atoms in total. The van der Waals surface area contributed by atoms with Crippen LogP contribution in [0.25, 0.3) is 0 Å². The summed E-state index contributed by atoms with van der Waals surface area (Å²) >= 11 is 0. The van der Waals surface area contributed by atoms with Crippen LogP contribution in [0.3, 0.4) is 0 Å². The molecule has 2 saturated carbocycles. The van der Waals surface area contributed by atoms with E-state index in [1.165, 1.54) is 17.5 Å². The second-order valence-corrected chi connectivity index (χ2v) is 4.91. The van der Waals surface area contributed by atoms with Gasteiger partial charge in [-0.15, -0.1) is 0 Å². The van der Waals surface area contributed by atoms with E-state index in [1.54, 1.807) is 7.11 Å². The monoisotopic (exact) mass is 197 g/mol. The summed E-state index contributed by atoms with van der Waals surface area (Å²) in [6.45, 7) is 0. The third-order valence-corrected chi connectivity index (χ3v) is 4.69. The van der Waals surface area contributed by atoms with E-state index in [-0.39, 0.29) is 5.41 Å². The Bertz CT molecular complexity index is 516.